The largest absolute Gasteiger partial charge is 0.480 e. The number of carbonyl (C=O) groups excluding carboxylic acids is 5. The van der Waals surface area contributed by atoms with Crippen LogP contribution in [-0.2, 0) is 28.8 Å². The zero-order valence-electron chi connectivity index (χ0n) is 29.2. The Morgan fingerprint density at radius 2 is 1.42 bits per heavy atom. The van der Waals surface area contributed by atoms with Crippen LogP contribution in [0.1, 0.15) is 90.4 Å². The molecule has 2 heterocycles. The number of hydrogen-bond acceptors (Lipinski definition) is 10. The number of aliphatic imine (C=N–C) groups is 1. The molecule has 2 aliphatic heterocycles. The molecular weight excluding hydrogens is 652 g/mol. The van der Waals surface area contributed by atoms with Crippen LogP contribution in [0, 0.1) is 0 Å². The van der Waals surface area contributed by atoms with Gasteiger partial charge in [0.1, 0.15) is 30.2 Å². The van der Waals surface area contributed by atoms with Crippen molar-refractivity contribution in [1.82, 2.24) is 25.8 Å². The second-order valence-electron chi connectivity index (χ2n) is 13.0. The smallest absolute Gasteiger partial charge is 0.326 e. The maximum atomic E-state index is 14.0. The molecule has 0 unspecified atom stereocenters. The third-order valence-electron chi connectivity index (χ3n) is 8.97. The monoisotopic (exact) mass is 710 g/mol. The van der Waals surface area contributed by atoms with Crippen molar-refractivity contribution < 1.29 is 39.0 Å². The molecule has 0 aromatic rings. The van der Waals surface area contributed by atoms with Gasteiger partial charge in [-0.25, -0.2) is 4.79 Å². The number of nitrogens with two attached hydrogens (primary N) is 4. The highest BCUT2D eigenvalue weighted by molar-refractivity contribution is 5.96. The number of aliphatic carboxylic acids is 1. The Labute approximate surface area is 293 Å². The lowest BCUT2D eigenvalue weighted by atomic mass is 10.0. The summed E-state index contributed by atoms with van der Waals surface area (Å²) in [6.07, 6.45) is 4.38. The number of likely N-dealkylation sites (tertiary alicyclic amines) is 2. The number of aliphatic hydroxyl groups is 1. The summed E-state index contributed by atoms with van der Waals surface area (Å²) in [5, 5.41) is 27.8. The first-order valence-electron chi connectivity index (χ1n) is 17.7. The average Bonchev–Trinajstić information content (AvgIpc) is 3.76. The number of nitrogens with zero attached hydrogens (tertiary/aromatic N) is 3. The average molecular weight is 711 g/mol. The van der Waals surface area contributed by atoms with Gasteiger partial charge in [0.05, 0.1) is 6.10 Å². The number of unbranched alkanes of at least 4 members (excludes halogenated alkanes) is 3. The van der Waals surface area contributed by atoms with Crippen molar-refractivity contribution >= 4 is 41.5 Å². The third kappa shape index (κ3) is 13.4. The summed E-state index contributed by atoms with van der Waals surface area (Å²) in [4.78, 5) is 85.6. The van der Waals surface area contributed by atoms with E-state index in [-0.39, 0.29) is 44.9 Å². The van der Waals surface area contributed by atoms with Gasteiger partial charge in [-0.3, -0.25) is 29.0 Å². The fraction of sp³-hybridized carbons (Fsp3) is 0.781. The molecule has 6 atom stereocenters. The highest BCUT2D eigenvalue weighted by Gasteiger charge is 2.44. The lowest BCUT2D eigenvalue weighted by Gasteiger charge is -2.33. The molecule has 5 amide bonds. The van der Waals surface area contributed by atoms with Crippen molar-refractivity contribution in [2.75, 3.05) is 32.7 Å². The Balaban J connectivity index is 2.15. The summed E-state index contributed by atoms with van der Waals surface area (Å²) in [7, 11) is 0. The predicted molar refractivity (Wildman–Crippen MR) is 185 cm³/mol. The lowest BCUT2D eigenvalue weighted by Crippen LogP contribution is -2.59. The number of carboxylic acids is 1. The van der Waals surface area contributed by atoms with Crippen LogP contribution in [0.4, 0.5) is 0 Å². The van der Waals surface area contributed by atoms with Crippen molar-refractivity contribution in [2.45, 2.75) is 127 Å². The van der Waals surface area contributed by atoms with Crippen LogP contribution in [-0.4, -0.2) is 131 Å². The Morgan fingerprint density at radius 1 is 0.800 bits per heavy atom. The molecule has 18 heteroatoms. The van der Waals surface area contributed by atoms with E-state index < -0.39 is 71.8 Å². The second kappa shape index (κ2) is 21.9. The molecule has 0 aromatic heterocycles. The third-order valence-corrected chi connectivity index (χ3v) is 8.97. The molecule has 50 heavy (non-hydrogen) atoms. The van der Waals surface area contributed by atoms with Gasteiger partial charge in [-0.1, -0.05) is 6.42 Å². The minimum atomic E-state index is -1.30. The van der Waals surface area contributed by atoms with E-state index in [4.69, 9.17) is 22.9 Å². The van der Waals surface area contributed by atoms with Gasteiger partial charge in [0.25, 0.3) is 0 Å². The van der Waals surface area contributed by atoms with Gasteiger partial charge in [-0.2, -0.15) is 0 Å². The van der Waals surface area contributed by atoms with E-state index in [9.17, 15) is 39.0 Å². The minimum Gasteiger partial charge on any atom is -0.480 e. The molecule has 0 aliphatic carbocycles. The Hall–Kier alpha value is -4.03. The minimum absolute atomic E-state index is 0.0785. The summed E-state index contributed by atoms with van der Waals surface area (Å²) in [6, 6.07) is -5.37. The van der Waals surface area contributed by atoms with Crippen molar-refractivity contribution in [3.63, 3.8) is 0 Å². The molecule has 2 fully saturated rings. The maximum absolute atomic E-state index is 14.0. The van der Waals surface area contributed by atoms with Gasteiger partial charge >= 0.3 is 5.97 Å². The molecule has 0 spiro atoms. The second-order valence-corrected chi connectivity index (χ2v) is 13.0. The molecule has 0 saturated carbocycles. The van der Waals surface area contributed by atoms with Crippen molar-refractivity contribution in [2.24, 2.45) is 27.9 Å². The Bertz CT molecular complexity index is 1180. The van der Waals surface area contributed by atoms with Gasteiger partial charge in [-0.15, -0.1) is 0 Å². The van der Waals surface area contributed by atoms with E-state index in [1.165, 1.54) is 16.7 Å². The molecule has 2 rings (SSSR count). The normalized spacial score (nSPS) is 19.6. The number of guanidine groups is 1. The van der Waals surface area contributed by atoms with Crippen LogP contribution < -0.4 is 38.9 Å². The first kappa shape index (κ1) is 42.1. The molecular formula is C32H58N10O8. The highest BCUT2D eigenvalue weighted by atomic mass is 16.4. The number of hydrogen-bond donors (Lipinski definition) is 9. The fourth-order valence-electron chi connectivity index (χ4n) is 6.28. The Morgan fingerprint density at radius 3 is 2.04 bits per heavy atom. The van der Waals surface area contributed by atoms with Crippen LogP contribution in [0.25, 0.3) is 0 Å². The topological polar surface area (TPSA) is 302 Å². The van der Waals surface area contributed by atoms with E-state index in [1.807, 2.05) is 0 Å². The Kier molecular flexibility index (Phi) is 18.5. The molecule has 284 valence electrons. The van der Waals surface area contributed by atoms with Gasteiger partial charge in [-0.05, 0) is 90.6 Å². The number of nitrogens with one attached hydrogen (secondary N) is 3. The number of carboxylic acid groups (broad SMARTS) is 1. The van der Waals surface area contributed by atoms with Crippen molar-refractivity contribution in [3.05, 3.63) is 0 Å². The molecule has 18 nitrogen and oxygen atoms in total. The first-order valence-corrected chi connectivity index (χ1v) is 17.7. The fourth-order valence-corrected chi connectivity index (χ4v) is 6.28. The number of amides is 5. The van der Waals surface area contributed by atoms with E-state index in [0.29, 0.717) is 64.5 Å². The number of carbonyl (C=O) groups is 6. The van der Waals surface area contributed by atoms with E-state index in [1.54, 1.807) is 0 Å². The van der Waals surface area contributed by atoms with Gasteiger partial charge in [0, 0.05) is 26.1 Å². The first-order chi connectivity index (χ1) is 23.8. The molecule has 0 radical (unpaired) electrons. The van der Waals surface area contributed by atoms with E-state index >= 15 is 0 Å². The summed E-state index contributed by atoms with van der Waals surface area (Å²) in [5.41, 5.74) is 21.8. The predicted octanol–water partition coefficient (Wildman–Crippen LogP) is -2.41. The lowest BCUT2D eigenvalue weighted by molar-refractivity contribution is -0.149. The number of aliphatic hydroxyl groups excluding tert-OH is 1. The standard InChI is InChI=1S/C32H58N10O8/c1-20(43)26(40-25(44)14-3-2-5-15-33)28(46)38-21(10-4-6-16-34)29(47)42-19-9-13-24(42)30(48)41-18-8-12-23(41)27(45)39-22(31(49)50)11-7-17-37-32(35)36/h20-24,26,43H,2-19,33-34H2,1H3,(H,38,46)(H,39,45)(H,40,44)(H,49,50)(H4,35,36,37)/t20-,21+,22+,23+,24+,26+/m1/s1. The van der Waals surface area contributed by atoms with Gasteiger partial charge in [0.15, 0.2) is 5.96 Å². The summed E-state index contributed by atoms with van der Waals surface area (Å²) >= 11 is 0. The van der Waals surface area contributed by atoms with Crippen LogP contribution in [0.2, 0.25) is 0 Å². The van der Waals surface area contributed by atoms with Crippen LogP contribution >= 0.6 is 0 Å². The molecule has 0 bridgehead atoms. The number of rotatable bonds is 22. The quantitative estimate of drug-likeness (QED) is 0.0322. The van der Waals surface area contributed by atoms with E-state index in [2.05, 4.69) is 20.9 Å². The molecule has 2 saturated heterocycles. The molecule has 13 N–H and O–H groups in total. The van der Waals surface area contributed by atoms with Gasteiger partial charge < -0.3 is 58.9 Å². The van der Waals surface area contributed by atoms with Crippen LogP contribution in [0.15, 0.2) is 4.99 Å². The molecule has 2 aliphatic rings. The maximum Gasteiger partial charge on any atom is 0.326 e. The zero-order chi connectivity index (χ0) is 37.2. The summed E-state index contributed by atoms with van der Waals surface area (Å²) in [5.74, 6) is -4.01. The van der Waals surface area contributed by atoms with E-state index in [0.717, 1.165) is 12.8 Å². The van der Waals surface area contributed by atoms with Crippen molar-refractivity contribution in [3.8, 4) is 0 Å². The molecule has 0 aromatic carbocycles. The van der Waals surface area contributed by atoms with Crippen molar-refractivity contribution in [1.29, 1.82) is 0 Å². The summed E-state index contributed by atoms with van der Waals surface area (Å²) < 4.78 is 0. The summed E-state index contributed by atoms with van der Waals surface area (Å²) in [6.45, 7) is 2.95. The van der Waals surface area contributed by atoms with Crippen LogP contribution in [0.5, 0.6) is 0 Å². The zero-order valence-corrected chi connectivity index (χ0v) is 29.2. The SMILES string of the molecule is C[C@@H](O)[C@H](NC(=O)CCCCCN)C(=O)N[C@@H](CCCCN)C(=O)N1CCC[C@H]1C(=O)N1CCC[C@H]1C(=O)N[C@@H](CCCN=C(N)N)C(=O)O. The van der Waals surface area contributed by atoms with Gasteiger partial charge in [0.2, 0.25) is 29.5 Å². The highest BCUT2D eigenvalue weighted by Crippen LogP contribution is 2.26. The van der Waals surface area contributed by atoms with Crippen LogP contribution in [0.3, 0.4) is 0 Å².